The van der Waals surface area contributed by atoms with Crippen molar-refractivity contribution in [2.75, 3.05) is 36.1 Å². The monoisotopic (exact) mass is 358 g/mol. The molecule has 0 fully saturated rings. The second kappa shape index (κ2) is 14.7. The van der Waals surface area contributed by atoms with Crippen LogP contribution in [-0.4, -0.2) is 47.7 Å². The van der Waals surface area contributed by atoms with Crippen molar-refractivity contribution in [2.24, 2.45) is 0 Å². The van der Waals surface area contributed by atoms with Gasteiger partial charge < -0.3 is 10.6 Å². The maximum Gasteiger partial charge on any atom is 0.154 e. The lowest BCUT2D eigenvalue weighted by Gasteiger charge is -2.07. The van der Waals surface area contributed by atoms with Gasteiger partial charge in [-0.05, 0) is 57.8 Å². The van der Waals surface area contributed by atoms with Gasteiger partial charge >= 0.3 is 0 Å². The number of thioether (sulfide) groups is 2. The lowest BCUT2D eigenvalue weighted by atomic mass is 10.3. The molecule has 23 heavy (non-hydrogen) atoms. The van der Waals surface area contributed by atoms with Crippen LogP contribution in [0.2, 0.25) is 0 Å². The molecule has 2 N–H and O–H groups in total. The summed E-state index contributed by atoms with van der Waals surface area (Å²) in [5, 5.41) is 6.47. The second-order valence-corrected chi connectivity index (χ2v) is 7.76. The first-order chi connectivity index (χ1) is 10.9. The Morgan fingerprint density at radius 1 is 0.739 bits per heavy atom. The number of nitrogens with one attached hydrogen (secondary N) is 2. The van der Waals surface area contributed by atoms with E-state index < -0.39 is 0 Å². The molecule has 0 heterocycles. The van der Waals surface area contributed by atoms with Gasteiger partial charge in [-0.25, -0.2) is 0 Å². The van der Waals surface area contributed by atoms with Crippen LogP contribution in [0.5, 0.6) is 0 Å². The molecule has 4 nitrogen and oxygen atoms in total. The molecule has 0 aromatic rings. The summed E-state index contributed by atoms with van der Waals surface area (Å²) in [6.07, 6.45) is 4.46. The predicted octanol–water partition coefficient (Wildman–Crippen LogP) is 3.01. The Balaban J connectivity index is 3.34. The molecule has 0 aromatic carbocycles. The Morgan fingerprint density at radius 3 is 1.48 bits per heavy atom. The van der Waals surface area contributed by atoms with Crippen molar-refractivity contribution in [2.45, 2.75) is 34.1 Å². The van der Waals surface area contributed by atoms with Crippen molar-refractivity contribution in [3.63, 3.8) is 0 Å². The second-order valence-electron chi connectivity index (χ2n) is 5.31. The van der Waals surface area contributed by atoms with Crippen LogP contribution in [0.1, 0.15) is 34.1 Å². The first-order valence-corrected chi connectivity index (χ1v) is 10.2. The summed E-state index contributed by atoms with van der Waals surface area (Å²) in [4.78, 5) is 21.7. The van der Waals surface area contributed by atoms with Crippen LogP contribution in [0, 0.1) is 0 Å². The van der Waals surface area contributed by atoms with E-state index in [-0.39, 0.29) is 11.6 Å². The Labute approximate surface area is 149 Å². The van der Waals surface area contributed by atoms with Gasteiger partial charge in [0.05, 0.1) is 0 Å². The molecule has 0 atom stereocenters. The number of hydrogen-bond donors (Lipinski definition) is 2. The minimum absolute atomic E-state index is 0.0844. The normalized spacial score (nSPS) is 12.2. The Kier molecular flexibility index (Phi) is 14.1. The van der Waals surface area contributed by atoms with Crippen molar-refractivity contribution >= 4 is 35.1 Å². The van der Waals surface area contributed by atoms with Gasteiger partial charge in [0.1, 0.15) is 0 Å². The molecule has 0 aliphatic carbocycles. The number of rotatable bonds is 14. The zero-order valence-corrected chi connectivity index (χ0v) is 16.4. The van der Waals surface area contributed by atoms with Crippen molar-refractivity contribution < 1.29 is 9.59 Å². The number of ketones is 2. The molecule has 0 saturated carbocycles. The zero-order chi connectivity index (χ0) is 17.5. The number of carbonyl (C=O) groups is 2. The highest BCUT2D eigenvalue weighted by Gasteiger charge is 1.95. The van der Waals surface area contributed by atoms with Crippen molar-refractivity contribution in [3.05, 3.63) is 23.5 Å². The maximum atomic E-state index is 10.9. The van der Waals surface area contributed by atoms with Crippen LogP contribution in [-0.2, 0) is 9.59 Å². The Hall–Kier alpha value is -0.880. The SMILES string of the molecule is CC(=O)/C=C(\C)NCCSCCCSCCN/C(C)=C/C(C)=O. The fourth-order valence-corrected chi connectivity index (χ4v) is 3.60. The summed E-state index contributed by atoms with van der Waals surface area (Å²) in [6.45, 7) is 8.77. The third-order valence-corrected chi connectivity index (χ3v) is 4.86. The fourth-order valence-electron chi connectivity index (χ4n) is 1.82. The Bertz CT molecular complexity index is 383. The van der Waals surface area contributed by atoms with E-state index in [1.807, 2.05) is 37.4 Å². The lowest BCUT2D eigenvalue weighted by Crippen LogP contribution is -2.16. The first kappa shape index (κ1) is 22.1. The van der Waals surface area contributed by atoms with Gasteiger partial charge in [0.15, 0.2) is 11.6 Å². The third-order valence-electron chi connectivity index (χ3n) is 2.72. The summed E-state index contributed by atoms with van der Waals surface area (Å²) in [7, 11) is 0. The van der Waals surface area contributed by atoms with Gasteiger partial charge in [-0.2, -0.15) is 23.5 Å². The zero-order valence-electron chi connectivity index (χ0n) is 14.7. The van der Waals surface area contributed by atoms with Crippen molar-refractivity contribution in [1.82, 2.24) is 10.6 Å². The largest absolute Gasteiger partial charge is 0.388 e. The van der Waals surface area contributed by atoms with Crippen LogP contribution in [0.25, 0.3) is 0 Å². The molecule has 0 spiro atoms. The minimum Gasteiger partial charge on any atom is -0.388 e. The van der Waals surface area contributed by atoms with E-state index in [4.69, 9.17) is 0 Å². The van der Waals surface area contributed by atoms with Crippen LogP contribution < -0.4 is 10.6 Å². The van der Waals surface area contributed by atoms with E-state index in [0.717, 1.165) is 36.0 Å². The van der Waals surface area contributed by atoms with Gasteiger partial charge in [0.25, 0.3) is 0 Å². The quantitative estimate of drug-likeness (QED) is 0.368. The summed E-state index contributed by atoms with van der Waals surface area (Å²) < 4.78 is 0. The van der Waals surface area contributed by atoms with E-state index in [1.54, 1.807) is 26.0 Å². The first-order valence-electron chi connectivity index (χ1n) is 7.92. The van der Waals surface area contributed by atoms with E-state index in [9.17, 15) is 9.59 Å². The number of hydrogen-bond acceptors (Lipinski definition) is 6. The molecule has 0 radical (unpaired) electrons. The molecule has 132 valence electrons. The molecule has 6 heteroatoms. The molecular formula is C17H30N2O2S2. The average Bonchev–Trinajstić information content (AvgIpc) is 2.43. The molecular weight excluding hydrogens is 328 g/mol. The third kappa shape index (κ3) is 17.3. The number of carbonyl (C=O) groups excluding carboxylic acids is 2. The smallest absolute Gasteiger partial charge is 0.154 e. The highest BCUT2D eigenvalue weighted by molar-refractivity contribution is 8.00. The average molecular weight is 359 g/mol. The van der Waals surface area contributed by atoms with Crippen LogP contribution >= 0.6 is 23.5 Å². The molecule has 0 saturated heterocycles. The summed E-state index contributed by atoms with van der Waals surface area (Å²) in [5.41, 5.74) is 1.88. The van der Waals surface area contributed by atoms with Crippen LogP contribution in [0.15, 0.2) is 23.5 Å². The van der Waals surface area contributed by atoms with E-state index >= 15 is 0 Å². The number of allylic oxidation sites excluding steroid dienone is 4. The van der Waals surface area contributed by atoms with Crippen molar-refractivity contribution in [3.8, 4) is 0 Å². The van der Waals surface area contributed by atoms with Crippen molar-refractivity contribution in [1.29, 1.82) is 0 Å². The standard InChI is InChI=1S/C17H30N2O2S2/c1-14(12-16(3)20)18-6-10-22-8-5-9-23-11-7-19-15(2)13-17(4)21/h12-13,18-19H,5-11H2,1-4H3/b14-12+,15-13+. The van der Waals surface area contributed by atoms with Gasteiger partial charge in [-0.3, -0.25) is 9.59 Å². The fraction of sp³-hybridized carbons (Fsp3) is 0.647. The molecule has 0 amide bonds. The summed E-state index contributed by atoms with van der Waals surface area (Å²) in [5.74, 6) is 4.62. The highest BCUT2D eigenvalue weighted by Crippen LogP contribution is 2.07. The minimum atomic E-state index is 0.0844. The maximum absolute atomic E-state index is 10.9. The lowest BCUT2D eigenvalue weighted by molar-refractivity contribution is -0.113. The highest BCUT2D eigenvalue weighted by atomic mass is 32.2. The Morgan fingerprint density at radius 2 is 1.13 bits per heavy atom. The van der Waals surface area contributed by atoms with Crippen LogP contribution in [0.4, 0.5) is 0 Å². The topological polar surface area (TPSA) is 58.2 Å². The van der Waals surface area contributed by atoms with Crippen LogP contribution in [0.3, 0.4) is 0 Å². The molecule has 0 aliphatic rings. The molecule has 0 unspecified atom stereocenters. The predicted molar refractivity (Wildman–Crippen MR) is 104 cm³/mol. The van der Waals surface area contributed by atoms with Gasteiger partial charge in [-0.1, -0.05) is 0 Å². The molecule has 0 rings (SSSR count). The molecule has 0 aliphatic heterocycles. The van der Waals surface area contributed by atoms with E-state index in [2.05, 4.69) is 10.6 Å². The van der Waals surface area contributed by atoms with Gasteiger partial charge in [0, 0.05) is 36.0 Å². The molecule has 0 aromatic heterocycles. The molecule has 0 bridgehead atoms. The van der Waals surface area contributed by atoms with Gasteiger partial charge in [0.2, 0.25) is 0 Å². The summed E-state index contributed by atoms with van der Waals surface area (Å²) >= 11 is 3.88. The van der Waals surface area contributed by atoms with E-state index in [0.29, 0.717) is 0 Å². The van der Waals surface area contributed by atoms with Gasteiger partial charge in [-0.15, -0.1) is 0 Å². The van der Waals surface area contributed by atoms with E-state index in [1.165, 1.54) is 17.9 Å². The summed E-state index contributed by atoms with van der Waals surface area (Å²) in [6, 6.07) is 0.